The van der Waals surface area contributed by atoms with Gasteiger partial charge in [0.15, 0.2) is 0 Å². The maximum Gasteiger partial charge on any atom is 0.227 e. The second kappa shape index (κ2) is 8.25. The number of hydrogen-bond donors (Lipinski definition) is 1. The van der Waals surface area contributed by atoms with Crippen LogP contribution in [-0.2, 0) is 9.53 Å². The van der Waals surface area contributed by atoms with E-state index in [2.05, 4.69) is 25.1 Å². The number of anilines is 2. The summed E-state index contributed by atoms with van der Waals surface area (Å²) in [5, 5.41) is 3.37. The Morgan fingerprint density at radius 3 is 2.67 bits per heavy atom. The first kappa shape index (κ1) is 16.9. The largest absolute Gasteiger partial charge is 0.379 e. The van der Waals surface area contributed by atoms with E-state index in [4.69, 9.17) is 4.74 Å². The van der Waals surface area contributed by atoms with E-state index in [0.717, 1.165) is 77.3 Å². The Morgan fingerprint density at radius 2 is 1.96 bits per heavy atom. The summed E-state index contributed by atoms with van der Waals surface area (Å²) in [6.07, 6.45) is 1.79. The maximum absolute atomic E-state index is 11.4. The van der Waals surface area contributed by atoms with E-state index in [1.54, 1.807) is 13.1 Å². The fourth-order valence-corrected chi connectivity index (χ4v) is 2.99. The number of aromatic nitrogens is 2. The van der Waals surface area contributed by atoms with E-state index in [0.29, 0.717) is 0 Å². The van der Waals surface area contributed by atoms with Crippen LogP contribution in [0, 0.1) is 0 Å². The van der Waals surface area contributed by atoms with Gasteiger partial charge in [0, 0.05) is 65.5 Å². The molecule has 24 heavy (non-hydrogen) atoms. The summed E-state index contributed by atoms with van der Waals surface area (Å²) in [5.74, 6) is 1.71. The third-order valence-corrected chi connectivity index (χ3v) is 4.49. The molecule has 0 unspecified atom stereocenters. The summed E-state index contributed by atoms with van der Waals surface area (Å²) >= 11 is 0. The molecule has 8 nitrogen and oxygen atoms in total. The SMILES string of the molecule is CC(=O)N1CCN(c2nccc(NCCN3CCOCC3)n2)CC1. The minimum Gasteiger partial charge on any atom is -0.379 e. The molecule has 0 radical (unpaired) electrons. The van der Waals surface area contributed by atoms with E-state index < -0.39 is 0 Å². The van der Waals surface area contributed by atoms with E-state index in [-0.39, 0.29) is 5.91 Å². The quantitative estimate of drug-likeness (QED) is 0.805. The normalized spacial score (nSPS) is 19.4. The van der Waals surface area contributed by atoms with Gasteiger partial charge in [-0.3, -0.25) is 9.69 Å². The number of piperazine rings is 1. The van der Waals surface area contributed by atoms with Crippen molar-refractivity contribution in [3.05, 3.63) is 12.3 Å². The summed E-state index contributed by atoms with van der Waals surface area (Å²) in [5.41, 5.74) is 0. The van der Waals surface area contributed by atoms with Crippen LogP contribution < -0.4 is 10.2 Å². The highest BCUT2D eigenvalue weighted by Crippen LogP contribution is 2.13. The minimum absolute atomic E-state index is 0.133. The number of nitrogens with zero attached hydrogens (tertiary/aromatic N) is 5. The van der Waals surface area contributed by atoms with Crippen molar-refractivity contribution < 1.29 is 9.53 Å². The van der Waals surface area contributed by atoms with Gasteiger partial charge in [0.1, 0.15) is 5.82 Å². The first-order valence-corrected chi connectivity index (χ1v) is 8.60. The summed E-state index contributed by atoms with van der Waals surface area (Å²) in [4.78, 5) is 26.8. The van der Waals surface area contributed by atoms with Gasteiger partial charge in [-0.25, -0.2) is 4.98 Å². The van der Waals surface area contributed by atoms with Crippen LogP contribution in [0.15, 0.2) is 12.3 Å². The lowest BCUT2D eigenvalue weighted by Crippen LogP contribution is -2.48. The van der Waals surface area contributed by atoms with Gasteiger partial charge in [-0.05, 0) is 6.07 Å². The second-order valence-electron chi connectivity index (χ2n) is 6.12. The number of nitrogens with one attached hydrogen (secondary N) is 1. The molecule has 1 amide bonds. The average molecular weight is 334 g/mol. The van der Waals surface area contributed by atoms with Crippen molar-refractivity contribution in [3.8, 4) is 0 Å². The van der Waals surface area contributed by atoms with Crippen molar-refractivity contribution in [2.75, 3.05) is 75.8 Å². The Morgan fingerprint density at radius 1 is 1.21 bits per heavy atom. The van der Waals surface area contributed by atoms with Gasteiger partial charge in [-0.15, -0.1) is 0 Å². The number of ether oxygens (including phenoxy) is 1. The summed E-state index contributed by atoms with van der Waals surface area (Å²) in [7, 11) is 0. The van der Waals surface area contributed by atoms with Crippen LogP contribution in [0.5, 0.6) is 0 Å². The first-order valence-electron chi connectivity index (χ1n) is 8.60. The van der Waals surface area contributed by atoms with Gasteiger partial charge in [0.2, 0.25) is 11.9 Å². The van der Waals surface area contributed by atoms with Crippen molar-refractivity contribution >= 4 is 17.7 Å². The lowest BCUT2D eigenvalue weighted by molar-refractivity contribution is -0.129. The van der Waals surface area contributed by atoms with Crippen LogP contribution in [0.3, 0.4) is 0 Å². The lowest BCUT2D eigenvalue weighted by atomic mass is 10.3. The van der Waals surface area contributed by atoms with Crippen molar-refractivity contribution in [2.45, 2.75) is 6.92 Å². The Kier molecular flexibility index (Phi) is 5.81. The third kappa shape index (κ3) is 4.55. The van der Waals surface area contributed by atoms with Gasteiger partial charge in [0.25, 0.3) is 0 Å². The number of hydrogen-bond acceptors (Lipinski definition) is 7. The third-order valence-electron chi connectivity index (χ3n) is 4.49. The highest BCUT2D eigenvalue weighted by atomic mass is 16.5. The number of amides is 1. The molecule has 3 rings (SSSR count). The van der Waals surface area contributed by atoms with Gasteiger partial charge in [-0.2, -0.15) is 4.98 Å². The molecular weight excluding hydrogens is 308 g/mol. The van der Waals surface area contributed by atoms with Crippen LogP contribution >= 0.6 is 0 Å². The molecule has 1 N–H and O–H groups in total. The molecule has 2 fully saturated rings. The molecule has 3 heterocycles. The molecule has 0 spiro atoms. The maximum atomic E-state index is 11.4. The fraction of sp³-hybridized carbons (Fsp3) is 0.688. The van der Waals surface area contributed by atoms with E-state index >= 15 is 0 Å². The average Bonchev–Trinajstić information content (AvgIpc) is 2.63. The predicted octanol–water partition coefficient (Wildman–Crippen LogP) is -0.111. The predicted molar refractivity (Wildman–Crippen MR) is 92.2 cm³/mol. The highest BCUT2D eigenvalue weighted by Gasteiger charge is 2.20. The zero-order chi connectivity index (χ0) is 16.8. The fourth-order valence-electron chi connectivity index (χ4n) is 2.99. The van der Waals surface area contributed by atoms with Crippen LogP contribution in [-0.4, -0.2) is 91.2 Å². The monoisotopic (exact) mass is 334 g/mol. The zero-order valence-corrected chi connectivity index (χ0v) is 14.3. The molecule has 0 aliphatic carbocycles. The Bertz CT molecular complexity index is 541. The van der Waals surface area contributed by atoms with Gasteiger partial charge < -0.3 is 19.9 Å². The van der Waals surface area contributed by atoms with Crippen molar-refractivity contribution in [1.82, 2.24) is 19.8 Å². The number of rotatable bonds is 5. The van der Waals surface area contributed by atoms with Crippen molar-refractivity contribution in [2.24, 2.45) is 0 Å². The van der Waals surface area contributed by atoms with Crippen LogP contribution in [0.25, 0.3) is 0 Å². The molecule has 1 aromatic rings. The number of morpholine rings is 1. The second-order valence-corrected chi connectivity index (χ2v) is 6.12. The number of carbonyl (C=O) groups excluding carboxylic acids is 1. The molecule has 1 aromatic heterocycles. The molecule has 0 saturated carbocycles. The first-order chi connectivity index (χ1) is 11.7. The zero-order valence-electron chi connectivity index (χ0n) is 14.3. The van der Waals surface area contributed by atoms with Gasteiger partial charge in [0.05, 0.1) is 13.2 Å². The van der Waals surface area contributed by atoms with E-state index in [1.165, 1.54) is 0 Å². The van der Waals surface area contributed by atoms with E-state index in [9.17, 15) is 4.79 Å². The van der Waals surface area contributed by atoms with E-state index in [1.807, 2.05) is 11.0 Å². The number of carbonyl (C=O) groups is 1. The van der Waals surface area contributed by atoms with Gasteiger partial charge in [-0.1, -0.05) is 0 Å². The summed E-state index contributed by atoms with van der Waals surface area (Å²) in [6, 6.07) is 1.90. The van der Waals surface area contributed by atoms with Gasteiger partial charge >= 0.3 is 0 Å². The van der Waals surface area contributed by atoms with Crippen molar-refractivity contribution in [3.63, 3.8) is 0 Å². The van der Waals surface area contributed by atoms with Crippen LogP contribution in [0.2, 0.25) is 0 Å². The highest BCUT2D eigenvalue weighted by molar-refractivity contribution is 5.73. The smallest absolute Gasteiger partial charge is 0.227 e. The Labute approximate surface area is 142 Å². The van der Waals surface area contributed by atoms with Crippen LogP contribution in [0.1, 0.15) is 6.92 Å². The Balaban J connectivity index is 1.48. The Hall–Kier alpha value is -1.93. The lowest BCUT2D eigenvalue weighted by Gasteiger charge is -2.34. The molecule has 2 aliphatic heterocycles. The summed E-state index contributed by atoms with van der Waals surface area (Å²) in [6.45, 7) is 10.1. The molecular formula is C16H26N6O2. The minimum atomic E-state index is 0.133. The standard InChI is InChI=1S/C16H26N6O2/c1-14(23)21-6-8-22(9-7-21)16-18-3-2-15(19-16)17-4-5-20-10-12-24-13-11-20/h2-3H,4-13H2,1H3,(H,17,18,19). The summed E-state index contributed by atoms with van der Waals surface area (Å²) < 4.78 is 5.36. The molecule has 132 valence electrons. The topological polar surface area (TPSA) is 73.8 Å². The molecule has 0 bridgehead atoms. The molecule has 8 heteroatoms. The molecule has 2 aliphatic rings. The molecule has 2 saturated heterocycles. The molecule has 0 atom stereocenters. The van der Waals surface area contributed by atoms with Crippen molar-refractivity contribution in [1.29, 1.82) is 0 Å². The van der Waals surface area contributed by atoms with Crippen LogP contribution in [0.4, 0.5) is 11.8 Å². The molecule has 0 aromatic carbocycles.